The molecule has 0 saturated heterocycles. The number of nitrogens with one attached hydrogen (secondary N) is 2. The van der Waals surface area contributed by atoms with Crippen molar-refractivity contribution in [1.29, 1.82) is 0 Å². The first-order valence-corrected chi connectivity index (χ1v) is 8.23. The van der Waals surface area contributed by atoms with Crippen LogP contribution in [0.25, 0.3) is 0 Å². The molecule has 0 aliphatic heterocycles. The Morgan fingerprint density at radius 2 is 1.62 bits per heavy atom. The van der Waals surface area contributed by atoms with Gasteiger partial charge in [0.2, 0.25) is 5.91 Å². The molecule has 0 heterocycles. The van der Waals surface area contributed by atoms with Crippen molar-refractivity contribution >= 4 is 23.2 Å². The Morgan fingerprint density at radius 3 is 2.19 bits per heavy atom. The van der Waals surface area contributed by atoms with Crippen LogP contribution in [-0.2, 0) is 4.79 Å². The molecule has 5 nitrogen and oxygen atoms in total. The second-order valence-corrected chi connectivity index (χ2v) is 6.29. The minimum atomic E-state index is -0.463. The van der Waals surface area contributed by atoms with Crippen LogP contribution in [0.2, 0.25) is 0 Å². The molecule has 0 aromatic heterocycles. The van der Waals surface area contributed by atoms with Gasteiger partial charge in [-0.25, -0.2) is 9.82 Å². The molecule has 0 aliphatic carbocycles. The Bertz CT molecular complexity index is 835. The summed E-state index contributed by atoms with van der Waals surface area (Å²) in [6, 6.07) is 9.14. The van der Waals surface area contributed by atoms with Gasteiger partial charge in [0.15, 0.2) is 0 Å². The summed E-state index contributed by atoms with van der Waals surface area (Å²) in [5.74, 6) is -1.09. The van der Waals surface area contributed by atoms with Crippen LogP contribution >= 0.6 is 0 Å². The summed E-state index contributed by atoms with van der Waals surface area (Å²) in [7, 11) is 0. The highest BCUT2D eigenvalue weighted by Crippen LogP contribution is 2.22. The lowest BCUT2D eigenvalue weighted by Gasteiger charge is -2.12. The Hall–Kier alpha value is -3.02. The molecule has 6 heteroatoms. The van der Waals surface area contributed by atoms with E-state index in [4.69, 9.17) is 0 Å². The molecule has 2 rings (SSSR count). The molecule has 0 aliphatic rings. The van der Waals surface area contributed by atoms with Crippen molar-refractivity contribution in [3.8, 4) is 0 Å². The number of rotatable bonds is 5. The summed E-state index contributed by atoms with van der Waals surface area (Å²) in [5, 5.41) is 6.81. The highest BCUT2D eigenvalue weighted by atomic mass is 19.1. The molecule has 26 heavy (non-hydrogen) atoms. The number of hydrazone groups is 1. The summed E-state index contributed by atoms with van der Waals surface area (Å²) in [6.07, 6.45) is 0.0520. The number of benzene rings is 2. The Labute approximate surface area is 152 Å². The number of carbonyl (C=O) groups excluding carboxylic acids is 2. The van der Waals surface area contributed by atoms with Gasteiger partial charge in [-0.2, -0.15) is 5.10 Å². The van der Waals surface area contributed by atoms with Crippen molar-refractivity contribution < 1.29 is 14.0 Å². The standard InChI is InChI=1S/C20H22FN3O2/c1-12-9-13(2)19(14(3)10-12)22-18(25)11-15(4)23-24-20(26)16-5-7-17(21)8-6-16/h5-10H,11H2,1-4H3,(H,22,25)(H,24,26). The second kappa shape index (κ2) is 8.38. The van der Waals surface area contributed by atoms with Gasteiger partial charge in [0.1, 0.15) is 5.82 Å². The molecule has 0 atom stereocenters. The van der Waals surface area contributed by atoms with Crippen molar-refractivity contribution in [2.75, 3.05) is 5.32 Å². The van der Waals surface area contributed by atoms with Crippen LogP contribution in [0, 0.1) is 26.6 Å². The van der Waals surface area contributed by atoms with Gasteiger partial charge in [0.25, 0.3) is 5.91 Å². The predicted octanol–water partition coefficient (Wildman–Crippen LogP) is 3.89. The summed E-state index contributed by atoms with van der Waals surface area (Å²) in [4.78, 5) is 24.1. The van der Waals surface area contributed by atoms with Gasteiger partial charge in [0.05, 0.1) is 6.42 Å². The van der Waals surface area contributed by atoms with Crippen molar-refractivity contribution in [3.05, 3.63) is 64.5 Å². The van der Waals surface area contributed by atoms with Gasteiger partial charge in [-0.3, -0.25) is 9.59 Å². The van der Waals surface area contributed by atoms with Crippen LogP contribution in [0.5, 0.6) is 0 Å². The molecule has 0 unspecified atom stereocenters. The molecule has 2 aromatic carbocycles. The Morgan fingerprint density at radius 1 is 1.04 bits per heavy atom. The lowest BCUT2D eigenvalue weighted by atomic mass is 10.0. The van der Waals surface area contributed by atoms with E-state index < -0.39 is 11.7 Å². The molecular formula is C20H22FN3O2. The number of amides is 2. The third-order valence-electron chi connectivity index (χ3n) is 3.81. The zero-order valence-electron chi connectivity index (χ0n) is 15.3. The summed E-state index contributed by atoms with van der Waals surface area (Å²) < 4.78 is 12.9. The van der Waals surface area contributed by atoms with Gasteiger partial charge < -0.3 is 5.32 Å². The number of aryl methyl sites for hydroxylation is 3. The van der Waals surface area contributed by atoms with Crippen LogP contribution in [-0.4, -0.2) is 17.5 Å². The van der Waals surface area contributed by atoms with Crippen LogP contribution in [0.1, 0.15) is 40.4 Å². The molecule has 136 valence electrons. The van der Waals surface area contributed by atoms with Gasteiger partial charge in [-0.05, 0) is 63.1 Å². The van der Waals surface area contributed by atoms with E-state index in [1.54, 1.807) is 6.92 Å². The quantitative estimate of drug-likeness (QED) is 0.631. The number of anilines is 1. The maximum Gasteiger partial charge on any atom is 0.271 e. The first-order valence-electron chi connectivity index (χ1n) is 8.23. The van der Waals surface area contributed by atoms with Crippen molar-refractivity contribution in [2.45, 2.75) is 34.1 Å². The van der Waals surface area contributed by atoms with Crippen molar-refractivity contribution in [2.24, 2.45) is 5.10 Å². The van der Waals surface area contributed by atoms with Crippen molar-refractivity contribution in [3.63, 3.8) is 0 Å². The molecular weight excluding hydrogens is 333 g/mol. The zero-order valence-corrected chi connectivity index (χ0v) is 15.3. The topological polar surface area (TPSA) is 70.6 Å². The molecule has 0 spiro atoms. The first kappa shape index (κ1) is 19.3. The third-order valence-corrected chi connectivity index (χ3v) is 3.81. The van der Waals surface area contributed by atoms with E-state index in [9.17, 15) is 14.0 Å². The maximum absolute atomic E-state index is 12.9. The minimum Gasteiger partial charge on any atom is -0.325 e. The lowest BCUT2D eigenvalue weighted by molar-refractivity contribution is -0.115. The van der Waals surface area contributed by atoms with E-state index in [-0.39, 0.29) is 12.3 Å². The third kappa shape index (κ3) is 5.24. The van der Waals surface area contributed by atoms with Gasteiger partial charge >= 0.3 is 0 Å². The summed E-state index contributed by atoms with van der Waals surface area (Å²) in [5.41, 5.74) is 7.04. The number of halogens is 1. The van der Waals surface area contributed by atoms with Gasteiger partial charge in [0, 0.05) is 17.0 Å². The van der Waals surface area contributed by atoms with E-state index >= 15 is 0 Å². The molecule has 2 N–H and O–H groups in total. The first-order chi connectivity index (χ1) is 12.3. The van der Waals surface area contributed by atoms with Crippen LogP contribution in [0.15, 0.2) is 41.5 Å². The number of hydrogen-bond acceptors (Lipinski definition) is 3. The van der Waals surface area contributed by atoms with Crippen molar-refractivity contribution in [1.82, 2.24) is 5.43 Å². The highest BCUT2D eigenvalue weighted by molar-refractivity contribution is 6.06. The lowest BCUT2D eigenvalue weighted by Crippen LogP contribution is -2.22. The van der Waals surface area contributed by atoms with Crippen LogP contribution < -0.4 is 10.7 Å². The Balaban J connectivity index is 1.95. The van der Waals surface area contributed by atoms with E-state index in [1.165, 1.54) is 24.3 Å². The van der Waals surface area contributed by atoms with Gasteiger partial charge in [-0.1, -0.05) is 17.7 Å². The average Bonchev–Trinajstić information content (AvgIpc) is 2.56. The average molecular weight is 355 g/mol. The highest BCUT2D eigenvalue weighted by Gasteiger charge is 2.10. The summed E-state index contributed by atoms with van der Waals surface area (Å²) in [6.45, 7) is 7.55. The minimum absolute atomic E-state index is 0.0520. The molecule has 0 radical (unpaired) electrons. The SMILES string of the molecule is CC(CC(=O)Nc1c(C)cc(C)cc1C)=NNC(=O)c1ccc(F)cc1. The van der Waals surface area contributed by atoms with E-state index in [0.717, 1.165) is 22.4 Å². The molecule has 0 bridgehead atoms. The molecule has 0 fully saturated rings. The maximum atomic E-state index is 12.9. The normalized spacial score (nSPS) is 11.2. The fourth-order valence-corrected chi connectivity index (χ4v) is 2.64. The van der Waals surface area contributed by atoms with Crippen LogP contribution in [0.3, 0.4) is 0 Å². The second-order valence-electron chi connectivity index (χ2n) is 6.29. The number of carbonyl (C=O) groups is 2. The van der Waals surface area contributed by atoms with E-state index in [1.807, 2.05) is 32.9 Å². The number of hydrogen-bond donors (Lipinski definition) is 2. The summed E-state index contributed by atoms with van der Waals surface area (Å²) >= 11 is 0. The largest absolute Gasteiger partial charge is 0.325 e. The van der Waals surface area contributed by atoms with E-state index in [2.05, 4.69) is 15.8 Å². The van der Waals surface area contributed by atoms with Gasteiger partial charge in [-0.15, -0.1) is 0 Å². The zero-order chi connectivity index (χ0) is 19.3. The fourth-order valence-electron chi connectivity index (χ4n) is 2.64. The molecule has 2 amide bonds. The van der Waals surface area contributed by atoms with Crippen LogP contribution in [0.4, 0.5) is 10.1 Å². The van der Waals surface area contributed by atoms with E-state index in [0.29, 0.717) is 11.3 Å². The smallest absolute Gasteiger partial charge is 0.271 e. The number of nitrogens with zero attached hydrogens (tertiary/aromatic N) is 1. The Kier molecular flexibility index (Phi) is 6.22. The fraction of sp³-hybridized carbons (Fsp3) is 0.250. The molecule has 0 saturated carbocycles. The predicted molar refractivity (Wildman–Crippen MR) is 101 cm³/mol. The molecule has 2 aromatic rings. The monoisotopic (exact) mass is 355 g/mol.